The van der Waals surface area contributed by atoms with Gasteiger partial charge < -0.3 is 23.4 Å². The molecule has 0 fully saturated rings. The zero-order valence-corrected chi connectivity index (χ0v) is 19.8. The summed E-state index contributed by atoms with van der Waals surface area (Å²) in [5.41, 5.74) is 4.40. The van der Waals surface area contributed by atoms with E-state index in [1.54, 1.807) is 28.4 Å². The second kappa shape index (κ2) is 10.1. The lowest BCUT2D eigenvalue weighted by molar-refractivity contribution is 0.324. The van der Waals surface area contributed by atoms with Crippen molar-refractivity contribution in [2.24, 2.45) is 0 Å². The number of hydrogen-bond acceptors (Lipinski definition) is 7. The van der Waals surface area contributed by atoms with Crippen LogP contribution in [0.2, 0.25) is 0 Å². The third-order valence-corrected chi connectivity index (χ3v) is 5.36. The van der Waals surface area contributed by atoms with Crippen LogP contribution in [0.4, 0.5) is 0 Å². The highest BCUT2D eigenvalue weighted by molar-refractivity contribution is 5.90. The largest absolute Gasteiger partial charge is 0.497 e. The molecule has 0 unspecified atom stereocenters. The zero-order valence-electron chi connectivity index (χ0n) is 19.8. The monoisotopic (exact) mass is 458 g/mol. The van der Waals surface area contributed by atoms with Crippen LogP contribution in [0.3, 0.4) is 0 Å². The van der Waals surface area contributed by atoms with Crippen molar-refractivity contribution in [3.05, 3.63) is 83.2 Å². The Labute approximate surface area is 198 Å². The topological polar surface area (TPSA) is 75.8 Å². The van der Waals surface area contributed by atoms with E-state index in [1.165, 1.54) is 0 Å². The highest BCUT2D eigenvalue weighted by Crippen LogP contribution is 2.41. The molecule has 0 spiro atoms. The minimum atomic E-state index is 0.362. The van der Waals surface area contributed by atoms with Crippen LogP contribution in [0.5, 0.6) is 23.0 Å². The summed E-state index contributed by atoms with van der Waals surface area (Å²) in [7, 11) is 6.36. The third-order valence-electron chi connectivity index (χ3n) is 5.36. The summed E-state index contributed by atoms with van der Waals surface area (Å²) in [6.07, 6.45) is 1.96. The van der Waals surface area contributed by atoms with Crippen LogP contribution in [0, 0.1) is 6.92 Å². The highest BCUT2D eigenvalue weighted by Gasteiger charge is 2.20. The SMILES string of the molecule is COc1ccc(/C=C(\c2cc(OC)c(OC)c(OC)c2)c2nnc(-c3ccc(C)cc3)o2)cc1. The molecule has 7 nitrogen and oxygen atoms in total. The van der Waals surface area contributed by atoms with E-state index in [2.05, 4.69) is 10.2 Å². The third kappa shape index (κ3) is 4.73. The van der Waals surface area contributed by atoms with Gasteiger partial charge in [0.05, 0.1) is 28.4 Å². The number of aromatic nitrogens is 2. The molecule has 0 atom stereocenters. The van der Waals surface area contributed by atoms with Gasteiger partial charge in [0.15, 0.2) is 11.5 Å². The van der Waals surface area contributed by atoms with Crippen molar-refractivity contribution in [3.8, 4) is 34.5 Å². The first-order valence-corrected chi connectivity index (χ1v) is 10.6. The summed E-state index contributed by atoms with van der Waals surface area (Å²) >= 11 is 0. The van der Waals surface area contributed by atoms with Crippen LogP contribution < -0.4 is 18.9 Å². The van der Waals surface area contributed by atoms with Gasteiger partial charge in [0, 0.05) is 11.1 Å². The van der Waals surface area contributed by atoms with E-state index >= 15 is 0 Å². The van der Waals surface area contributed by atoms with Gasteiger partial charge in [-0.3, -0.25) is 0 Å². The molecular formula is C27H26N2O5. The Balaban J connectivity index is 1.86. The Bertz CT molecular complexity index is 1270. The number of hydrogen-bond donors (Lipinski definition) is 0. The number of benzene rings is 3. The number of aryl methyl sites for hydroxylation is 1. The molecule has 174 valence electrons. The molecule has 4 aromatic rings. The Kier molecular flexibility index (Phi) is 6.82. The molecule has 0 aliphatic heterocycles. The Morgan fingerprint density at radius 1 is 0.765 bits per heavy atom. The standard InChI is InChI=1S/C27H26N2O5/c1-17-6-10-19(11-7-17)26-28-29-27(34-26)22(14-18-8-12-21(30-2)13-9-18)20-15-23(31-3)25(33-5)24(16-20)32-4/h6-16H,1-5H3/b22-14+. The Hall–Kier alpha value is -4.26. The van der Waals surface area contributed by atoms with E-state index in [0.717, 1.165) is 28.0 Å². The molecule has 1 heterocycles. The molecule has 1 aromatic heterocycles. The molecule has 0 aliphatic carbocycles. The van der Waals surface area contributed by atoms with Gasteiger partial charge in [-0.05, 0) is 60.5 Å². The Morgan fingerprint density at radius 2 is 1.41 bits per heavy atom. The van der Waals surface area contributed by atoms with Crippen molar-refractivity contribution in [1.82, 2.24) is 10.2 Å². The van der Waals surface area contributed by atoms with Crippen LogP contribution in [0.15, 0.2) is 65.1 Å². The van der Waals surface area contributed by atoms with Crippen molar-refractivity contribution in [3.63, 3.8) is 0 Å². The predicted molar refractivity (Wildman–Crippen MR) is 131 cm³/mol. The maximum Gasteiger partial charge on any atom is 0.248 e. The molecule has 0 radical (unpaired) electrons. The summed E-state index contributed by atoms with van der Waals surface area (Å²) in [5, 5.41) is 8.64. The Morgan fingerprint density at radius 3 is 1.97 bits per heavy atom. The van der Waals surface area contributed by atoms with E-state index in [1.807, 2.05) is 73.7 Å². The van der Waals surface area contributed by atoms with Gasteiger partial charge in [-0.2, -0.15) is 0 Å². The van der Waals surface area contributed by atoms with Crippen LogP contribution >= 0.6 is 0 Å². The maximum atomic E-state index is 6.12. The number of ether oxygens (including phenoxy) is 4. The fourth-order valence-corrected chi connectivity index (χ4v) is 3.52. The van der Waals surface area contributed by atoms with Crippen LogP contribution in [0.25, 0.3) is 23.1 Å². The summed E-state index contributed by atoms with van der Waals surface area (Å²) in [6.45, 7) is 2.03. The van der Waals surface area contributed by atoms with Crippen molar-refractivity contribution < 1.29 is 23.4 Å². The molecule has 0 saturated heterocycles. The van der Waals surface area contributed by atoms with Gasteiger partial charge in [-0.25, -0.2) is 0 Å². The van der Waals surface area contributed by atoms with Crippen molar-refractivity contribution in [2.45, 2.75) is 6.92 Å². The average Bonchev–Trinajstić information content (AvgIpc) is 3.37. The van der Waals surface area contributed by atoms with Crippen LogP contribution in [-0.2, 0) is 0 Å². The van der Waals surface area contributed by atoms with Crippen LogP contribution in [-0.4, -0.2) is 38.6 Å². The predicted octanol–water partition coefficient (Wildman–Crippen LogP) is 5.67. The van der Waals surface area contributed by atoms with E-state index in [4.69, 9.17) is 23.4 Å². The molecule has 0 aliphatic rings. The molecule has 0 amide bonds. The first kappa shape index (κ1) is 22.9. The quantitative estimate of drug-likeness (QED) is 0.315. The minimum absolute atomic E-state index is 0.362. The second-order valence-electron chi connectivity index (χ2n) is 7.52. The van der Waals surface area contributed by atoms with Crippen molar-refractivity contribution in [1.29, 1.82) is 0 Å². The summed E-state index contributed by atoms with van der Waals surface area (Å²) in [6, 6.07) is 19.3. The lowest BCUT2D eigenvalue weighted by atomic mass is 10.0. The average molecular weight is 459 g/mol. The molecule has 7 heteroatoms. The van der Waals surface area contributed by atoms with E-state index in [-0.39, 0.29) is 0 Å². The summed E-state index contributed by atoms with van der Waals surface area (Å²) < 4.78 is 28.0. The van der Waals surface area contributed by atoms with Gasteiger partial charge in [-0.1, -0.05) is 29.8 Å². The summed E-state index contributed by atoms with van der Waals surface area (Å²) in [5.74, 6) is 3.12. The smallest absolute Gasteiger partial charge is 0.248 e. The van der Waals surface area contributed by atoms with E-state index in [0.29, 0.717) is 34.6 Å². The lowest BCUT2D eigenvalue weighted by Gasteiger charge is -2.15. The fourth-order valence-electron chi connectivity index (χ4n) is 3.52. The lowest BCUT2D eigenvalue weighted by Crippen LogP contribution is -1.98. The zero-order chi connectivity index (χ0) is 24.1. The van der Waals surface area contributed by atoms with E-state index in [9.17, 15) is 0 Å². The molecule has 0 N–H and O–H groups in total. The maximum absolute atomic E-state index is 6.12. The van der Waals surface area contributed by atoms with Gasteiger partial charge in [0.1, 0.15) is 5.75 Å². The van der Waals surface area contributed by atoms with Crippen molar-refractivity contribution in [2.75, 3.05) is 28.4 Å². The van der Waals surface area contributed by atoms with Gasteiger partial charge in [-0.15, -0.1) is 10.2 Å². The van der Waals surface area contributed by atoms with E-state index < -0.39 is 0 Å². The van der Waals surface area contributed by atoms with Gasteiger partial charge in [0.25, 0.3) is 0 Å². The highest BCUT2D eigenvalue weighted by atomic mass is 16.5. The number of rotatable bonds is 8. The van der Waals surface area contributed by atoms with Gasteiger partial charge in [0.2, 0.25) is 17.5 Å². The summed E-state index contributed by atoms with van der Waals surface area (Å²) in [4.78, 5) is 0. The molecule has 34 heavy (non-hydrogen) atoms. The normalized spacial score (nSPS) is 11.3. The molecule has 3 aromatic carbocycles. The number of methoxy groups -OCH3 is 4. The first-order valence-electron chi connectivity index (χ1n) is 10.6. The first-order chi connectivity index (χ1) is 16.6. The van der Waals surface area contributed by atoms with Crippen LogP contribution in [0.1, 0.15) is 22.6 Å². The molecular weight excluding hydrogens is 432 g/mol. The fraction of sp³-hybridized carbons (Fsp3) is 0.185. The van der Waals surface area contributed by atoms with Crippen molar-refractivity contribution >= 4 is 11.6 Å². The number of nitrogens with zero attached hydrogens (tertiary/aromatic N) is 2. The van der Waals surface area contributed by atoms with Gasteiger partial charge >= 0.3 is 0 Å². The minimum Gasteiger partial charge on any atom is -0.497 e. The molecule has 4 rings (SSSR count). The second-order valence-corrected chi connectivity index (χ2v) is 7.52. The molecule has 0 bridgehead atoms. The molecule has 0 saturated carbocycles.